The van der Waals surface area contributed by atoms with Crippen LogP contribution in [0.15, 0.2) is 78.9 Å². The number of ether oxygens (including phenoxy) is 1. The van der Waals surface area contributed by atoms with Crippen LogP contribution in [0.5, 0.6) is 11.5 Å². The van der Waals surface area contributed by atoms with Crippen LogP contribution < -0.4 is 9.64 Å². The van der Waals surface area contributed by atoms with Gasteiger partial charge >= 0.3 is 0 Å². The van der Waals surface area contributed by atoms with Gasteiger partial charge in [-0.05, 0) is 23.8 Å². The number of para-hydroxylation sites is 3. The lowest BCUT2D eigenvalue weighted by atomic mass is 10.0. The Labute approximate surface area is 129 Å². The third-order valence-electron chi connectivity index (χ3n) is 4.55. The zero-order chi connectivity index (χ0) is 14.5. The highest BCUT2D eigenvalue weighted by atomic mass is 16.5. The molecule has 0 aliphatic carbocycles. The first-order valence-corrected chi connectivity index (χ1v) is 7.62. The molecule has 2 aliphatic heterocycles. The van der Waals surface area contributed by atoms with Crippen LogP contribution in [-0.4, -0.2) is 0 Å². The van der Waals surface area contributed by atoms with Gasteiger partial charge in [0.2, 0.25) is 0 Å². The van der Waals surface area contributed by atoms with Crippen molar-refractivity contribution < 1.29 is 4.74 Å². The molecule has 0 saturated carbocycles. The Hall–Kier alpha value is -2.74. The Bertz CT molecular complexity index is 792. The van der Waals surface area contributed by atoms with E-state index >= 15 is 0 Å². The largest absolute Gasteiger partial charge is 0.455 e. The highest BCUT2D eigenvalue weighted by molar-refractivity contribution is 5.72. The van der Waals surface area contributed by atoms with E-state index in [1.165, 1.54) is 16.8 Å². The maximum atomic E-state index is 6.15. The normalized spacial score (nSPS) is 21.0. The second-order valence-electron chi connectivity index (χ2n) is 5.82. The van der Waals surface area contributed by atoms with Gasteiger partial charge in [0.25, 0.3) is 0 Å². The second kappa shape index (κ2) is 4.38. The lowest BCUT2D eigenvalue weighted by molar-refractivity contribution is 0.480. The lowest BCUT2D eigenvalue weighted by Gasteiger charge is -2.12. The standard InChI is InChI=1S/C20H15NO/c1-2-8-14(9-3-1)19-20-15-10-4-6-12-17(15)22-18-13-7-5-11-16(18)21(19)20/h1-13,19-20H/t19-,20-,21?/m0/s1. The molecule has 3 aromatic carbocycles. The van der Waals surface area contributed by atoms with E-state index in [4.69, 9.17) is 4.74 Å². The van der Waals surface area contributed by atoms with Crippen LogP contribution in [-0.2, 0) is 0 Å². The molecule has 3 aromatic rings. The average Bonchev–Trinajstić information content (AvgIpc) is 3.32. The Morgan fingerprint density at radius 3 is 2.18 bits per heavy atom. The monoisotopic (exact) mass is 285 g/mol. The summed E-state index contributed by atoms with van der Waals surface area (Å²) in [6.45, 7) is 0. The summed E-state index contributed by atoms with van der Waals surface area (Å²) in [4.78, 5) is 2.45. The average molecular weight is 285 g/mol. The maximum absolute atomic E-state index is 6.15. The Morgan fingerprint density at radius 2 is 1.32 bits per heavy atom. The van der Waals surface area contributed by atoms with Gasteiger partial charge in [-0.25, -0.2) is 0 Å². The summed E-state index contributed by atoms with van der Waals surface area (Å²) in [7, 11) is 0. The summed E-state index contributed by atoms with van der Waals surface area (Å²) in [6, 6.07) is 28.2. The van der Waals surface area contributed by atoms with E-state index in [1.54, 1.807) is 0 Å². The fraction of sp³-hybridized carbons (Fsp3) is 0.100. The molecular weight excluding hydrogens is 270 g/mol. The van der Waals surface area contributed by atoms with Crippen LogP contribution >= 0.6 is 0 Å². The predicted octanol–water partition coefficient (Wildman–Crippen LogP) is 5.09. The van der Waals surface area contributed by atoms with Crippen LogP contribution in [0.25, 0.3) is 0 Å². The Kier molecular flexibility index (Phi) is 2.36. The quantitative estimate of drug-likeness (QED) is 0.577. The maximum Gasteiger partial charge on any atom is 0.150 e. The van der Waals surface area contributed by atoms with Gasteiger partial charge in [-0.3, -0.25) is 0 Å². The lowest BCUT2D eigenvalue weighted by Crippen LogP contribution is -1.96. The smallest absolute Gasteiger partial charge is 0.150 e. The number of hydrogen-bond donors (Lipinski definition) is 0. The first-order chi connectivity index (χ1) is 10.9. The van der Waals surface area contributed by atoms with Crippen molar-refractivity contribution in [2.75, 3.05) is 4.90 Å². The molecule has 0 radical (unpaired) electrons. The van der Waals surface area contributed by atoms with Gasteiger partial charge in [0.05, 0.1) is 17.8 Å². The number of fused-ring (bicyclic) bond motifs is 5. The molecule has 0 unspecified atom stereocenters. The van der Waals surface area contributed by atoms with Crippen molar-refractivity contribution in [1.82, 2.24) is 0 Å². The van der Waals surface area contributed by atoms with E-state index in [0.717, 1.165) is 11.5 Å². The highest BCUT2D eigenvalue weighted by Crippen LogP contribution is 2.62. The fourth-order valence-electron chi connectivity index (χ4n) is 3.54. The minimum Gasteiger partial charge on any atom is -0.455 e. The summed E-state index contributed by atoms with van der Waals surface area (Å²) < 4.78 is 6.15. The fourth-order valence-corrected chi connectivity index (χ4v) is 3.54. The zero-order valence-electron chi connectivity index (χ0n) is 12.0. The van der Waals surface area contributed by atoms with Crippen molar-refractivity contribution in [2.45, 2.75) is 12.1 Å². The molecule has 0 aromatic heterocycles. The number of nitrogens with zero attached hydrogens (tertiary/aromatic N) is 1. The van der Waals surface area contributed by atoms with E-state index in [1.807, 2.05) is 12.1 Å². The Morgan fingerprint density at radius 1 is 0.636 bits per heavy atom. The molecule has 0 bridgehead atoms. The molecule has 0 amide bonds. The van der Waals surface area contributed by atoms with Gasteiger partial charge in [0.1, 0.15) is 5.75 Å². The van der Waals surface area contributed by atoms with E-state index in [0.29, 0.717) is 12.1 Å². The molecular formula is C20H15NO. The molecule has 22 heavy (non-hydrogen) atoms. The van der Waals surface area contributed by atoms with Gasteiger partial charge < -0.3 is 9.64 Å². The third kappa shape index (κ3) is 1.61. The SMILES string of the molecule is c1ccc([C@H]2[C@@H]3c4ccccc4Oc4ccccc4N23)cc1. The second-order valence-corrected chi connectivity index (χ2v) is 5.82. The van der Waals surface area contributed by atoms with E-state index in [2.05, 4.69) is 71.6 Å². The van der Waals surface area contributed by atoms with Crippen LogP contribution in [0.1, 0.15) is 23.2 Å². The zero-order valence-corrected chi connectivity index (χ0v) is 12.0. The van der Waals surface area contributed by atoms with Crippen molar-refractivity contribution in [3.05, 3.63) is 90.0 Å². The van der Waals surface area contributed by atoms with Crippen molar-refractivity contribution in [2.24, 2.45) is 0 Å². The van der Waals surface area contributed by atoms with Gasteiger partial charge in [-0.1, -0.05) is 60.7 Å². The third-order valence-corrected chi connectivity index (χ3v) is 4.55. The van der Waals surface area contributed by atoms with E-state index in [9.17, 15) is 0 Å². The molecule has 0 N–H and O–H groups in total. The van der Waals surface area contributed by atoms with Crippen LogP contribution in [0.3, 0.4) is 0 Å². The topological polar surface area (TPSA) is 12.2 Å². The number of anilines is 1. The van der Waals surface area contributed by atoms with Gasteiger partial charge in [-0.15, -0.1) is 0 Å². The van der Waals surface area contributed by atoms with E-state index < -0.39 is 0 Å². The van der Waals surface area contributed by atoms with Gasteiger partial charge in [0, 0.05) is 5.56 Å². The minimum atomic E-state index is 0.363. The molecule has 1 saturated heterocycles. The number of benzene rings is 3. The molecule has 2 atom stereocenters. The molecule has 2 aliphatic rings. The summed E-state index contributed by atoms with van der Waals surface area (Å²) in [5.41, 5.74) is 3.81. The molecule has 2 nitrogen and oxygen atoms in total. The summed E-state index contributed by atoms with van der Waals surface area (Å²) >= 11 is 0. The molecule has 1 fully saturated rings. The van der Waals surface area contributed by atoms with Crippen LogP contribution in [0.4, 0.5) is 5.69 Å². The molecule has 5 rings (SSSR count). The van der Waals surface area contributed by atoms with Crippen molar-refractivity contribution in [3.63, 3.8) is 0 Å². The summed E-state index contributed by atoms with van der Waals surface area (Å²) in [5, 5.41) is 0. The highest BCUT2D eigenvalue weighted by Gasteiger charge is 2.52. The minimum absolute atomic E-state index is 0.363. The predicted molar refractivity (Wildman–Crippen MR) is 87.4 cm³/mol. The Balaban J connectivity index is 1.70. The van der Waals surface area contributed by atoms with Crippen molar-refractivity contribution in [3.8, 4) is 11.5 Å². The molecule has 0 spiro atoms. The first kappa shape index (κ1) is 11.9. The summed E-state index contributed by atoms with van der Waals surface area (Å²) in [6.07, 6.45) is 0. The molecule has 2 heterocycles. The van der Waals surface area contributed by atoms with Crippen LogP contribution in [0, 0.1) is 0 Å². The van der Waals surface area contributed by atoms with Gasteiger partial charge in [-0.2, -0.15) is 0 Å². The first-order valence-electron chi connectivity index (χ1n) is 7.62. The van der Waals surface area contributed by atoms with Crippen molar-refractivity contribution >= 4 is 5.69 Å². The number of rotatable bonds is 1. The van der Waals surface area contributed by atoms with Crippen LogP contribution in [0.2, 0.25) is 0 Å². The molecule has 106 valence electrons. The van der Waals surface area contributed by atoms with E-state index in [-0.39, 0.29) is 0 Å². The van der Waals surface area contributed by atoms with Gasteiger partial charge in [0.15, 0.2) is 5.75 Å². The molecule has 2 heteroatoms. The van der Waals surface area contributed by atoms with Crippen molar-refractivity contribution in [1.29, 1.82) is 0 Å². The summed E-state index contributed by atoms with van der Waals surface area (Å²) in [5.74, 6) is 1.91. The number of hydrogen-bond acceptors (Lipinski definition) is 2.